The number of rotatable bonds is 5. The third-order valence-corrected chi connectivity index (χ3v) is 3.84. The Hall–Kier alpha value is -1.91. The molecule has 2 rings (SSSR count). The van der Waals surface area contributed by atoms with Crippen LogP contribution in [0.2, 0.25) is 0 Å². The van der Waals surface area contributed by atoms with Gasteiger partial charge < -0.3 is 10.1 Å². The Bertz CT molecular complexity index is 476. The Balaban J connectivity index is 1.65. The third-order valence-electron chi connectivity index (χ3n) is 3.84. The molecule has 5 nitrogen and oxygen atoms in total. The smallest absolute Gasteiger partial charge is 0.309 e. The first kappa shape index (κ1) is 15.5. The molecule has 114 valence electrons. The van der Waals surface area contributed by atoms with Gasteiger partial charge in [0.25, 0.3) is 5.91 Å². The number of hydrogen-bond acceptors (Lipinski definition) is 4. The van der Waals surface area contributed by atoms with Crippen molar-refractivity contribution in [1.82, 2.24) is 10.3 Å². The Morgan fingerprint density at radius 1 is 1.33 bits per heavy atom. The lowest BCUT2D eigenvalue weighted by molar-refractivity contribution is -0.150. The van der Waals surface area contributed by atoms with E-state index in [2.05, 4.69) is 17.2 Å². The number of hydrogen-bond donors (Lipinski definition) is 1. The van der Waals surface area contributed by atoms with Crippen LogP contribution in [0, 0.1) is 11.8 Å². The Morgan fingerprint density at radius 3 is 2.81 bits per heavy atom. The number of nitrogens with one attached hydrogen (secondary N) is 1. The summed E-state index contributed by atoms with van der Waals surface area (Å²) < 4.78 is 5.25. The van der Waals surface area contributed by atoms with Gasteiger partial charge in [0.1, 0.15) is 6.61 Å². The Labute approximate surface area is 125 Å². The molecule has 1 heterocycles. The predicted molar refractivity (Wildman–Crippen MR) is 78.7 cm³/mol. The van der Waals surface area contributed by atoms with Crippen molar-refractivity contribution >= 4 is 11.9 Å². The number of esters is 1. The minimum absolute atomic E-state index is 0.0321. The SMILES string of the molecule is C[C@@H]1CCC[C@@H](C(=O)OCCNC(=O)c2ccncc2)C1. The van der Waals surface area contributed by atoms with E-state index in [1.807, 2.05) is 0 Å². The number of aromatic nitrogens is 1. The second-order valence-corrected chi connectivity index (χ2v) is 5.63. The molecule has 2 atom stereocenters. The number of pyridine rings is 1. The molecule has 1 aromatic rings. The van der Waals surface area contributed by atoms with Gasteiger partial charge >= 0.3 is 5.97 Å². The summed E-state index contributed by atoms with van der Waals surface area (Å²) in [6.07, 6.45) is 7.28. The van der Waals surface area contributed by atoms with Crippen LogP contribution in [0.25, 0.3) is 0 Å². The quantitative estimate of drug-likeness (QED) is 0.666. The highest BCUT2D eigenvalue weighted by atomic mass is 16.5. The fourth-order valence-electron chi connectivity index (χ4n) is 2.69. The third kappa shape index (κ3) is 4.85. The zero-order valence-electron chi connectivity index (χ0n) is 12.4. The second-order valence-electron chi connectivity index (χ2n) is 5.63. The van der Waals surface area contributed by atoms with Crippen LogP contribution in [0.15, 0.2) is 24.5 Å². The summed E-state index contributed by atoms with van der Waals surface area (Å²) in [5.74, 6) is 0.326. The van der Waals surface area contributed by atoms with Crippen LogP contribution < -0.4 is 5.32 Å². The van der Waals surface area contributed by atoms with Crippen molar-refractivity contribution in [1.29, 1.82) is 0 Å². The van der Waals surface area contributed by atoms with Crippen LogP contribution in [-0.4, -0.2) is 30.0 Å². The zero-order chi connectivity index (χ0) is 15.1. The molecule has 1 saturated carbocycles. The lowest BCUT2D eigenvalue weighted by Crippen LogP contribution is -2.30. The van der Waals surface area contributed by atoms with E-state index in [9.17, 15) is 9.59 Å². The van der Waals surface area contributed by atoms with Gasteiger partial charge in [0.2, 0.25) is 0 Å². The van der Waals surface area contributed by atoms with Crippen molar-refractivity contribution in [2.24, 2.45) is 11.8 Å². The van der Waals surface area contributed by atoms with Crippen molar-refractivity contribution in [3.05, 3.63) is 30.1 Å². The number of nitrogens with zero attached hydrogens (tertiary/aromatic N) is 1. The van der Waals surface area contributed by atoms with Crippen molar-refractivity contribution in [2.75, 3.05) is 13.2 Å². The van der Waals surface area contributed by atoms with Gasteiger partial charge in [0.15, 0.2) is 0 Å². The van der Waals surface area contributed by atoms with E-state index in [1.54, 1.807) is 24.5 Å². The first-order valence-corrected chi connectivity index (χ1v) is 7.51. The molecule has 0 bridgehead atoms. The van der Waals surface area contributed by atoms with Gasteiger partial charge in [-0.1, -0.05) is 19.8 Å². The summed E-state index contributed by atoms with van der Waals surface area (Å²) in [5.41, 5.74) is 0.553. The van der Waals surface area contributed by atoms with E-state index in [1.165, 1.54) is 6.42 Å². The lowest BCUT2D eigenvalue weighted by atomic mass is 9.82. The molecule has 0 spiro atoms. The molecule has 1 aromatic heterocycles. The average molecular weight is 290 g/mol. The lowest BCUT2D eigenvalue weighted by Gasteiger charge is -2.25. The fraction of sp³-hybridized carbons (Fsp3) is 0.562. The summed E-state index contributed by atoms with van der Waals surface area (Å²) in [7, 11) is 0. The largest absolute Gasteiger partial charge is 0.464 e. The maximum Gasteiger partial charge on any atom is 0.309 e. The van der Waals surface area contributed by atoms with Gasteiger partial charge in [0.05, 0.1) is 12.5 Å². The highest BCUT2D eigenvalue weighted by Crippen LogP contribution is 2.29. The molecular formula is C16H22N2O3. The van der Waals surface area contributed by atoms with E-state index >= 15 is 0 Å². The maximum atomic E-state index is 11.9. The first-order chi connectivity index (χ1) is 10.2. The molecule has 0 radical (unpaired) electrons. The molecule has 1 aliphatic carbocycles. The monoisotopic (exact) mass is 290 g/mol. The fourth-order valence-corrected chi connectivity index (χ4v) is 2.69. The van der Waals surface area contributed by atoms with Crippen molar-refractivity contribution < 1.29 is 14.3 Å². The van der Waals surface area contributed by atoms with E-state index in [4.69, 9.17) is 4.74 Å². The number of carbonyl (C=O) groups excluding carboxylic acids is 2. The number of amides is 1. The minimum atomic E-state index is -0.181. The summed E-state index contributed by atoms with van der Waals surface area (Å²) in [4.78, 5) is 27.5. The highest BCUT2D eigenvalue weighted by molar-refractivity contribution is 5.93. The van der Waals surface area contributed by atoms with Crippen LogP contribution in [0.5, 0.6) is 0 Å². The number of carbonyl (C=O) groups is 2. The topological polar surface area (TPSA) is 68.3 Å². The summed E-state index contributed by atoms with van der Waals surface area (Å²) in [6.45, 7) is 2.73. The molecular weight excluding hydrogens is 268 g/mol. The van der Waals surface area contributed by atoms with E-state index in [-0.39, 0.29) is 24.4 Å². The van der Waals surface area contributed by atoms with E-state index in [0.29, 0.717) is 18.0 Å². The van der Waals surface area contributed by atoms with Crippen LogP contribution in [-0.2, 0) is 9.53 Å². The molecule has 5 heteroatoms. The number of ether oxygens (including phenoxy) is 1. The van der Waals surface area contributed by atoms with Crippen LogP contribution >= 0.6 is 0 Å². The van der Waals surface area contributed by atoms with Gasteiger partial charge in [-0.05, 0) is 30.9 Å². The predicted octanol–water partition coefficient (Wildman–Crippen LogP) is 2.18. The van der Waals surface area contributed by atoms with Gasteiger partial charge in [-0.3, -0.25) is 14.6 Å². The van der Waals surface area contributed by atoms with Gasteiger partial charge in [0, 0.05) is 18.0 Å². The molecule has 1 aliphatic rings. The Kier molecular flexibility index (Phi) is 5.72. The molecule has 1 N–H and O–H groups in total. The summed E-state index contributed by atoms with van der Waals surface area (Å²) in [6, 6.07) is 3.29. The van der Waals surface area contributed by atoms with Crippen molar-refractivity contribution in [3.8, 4) is 0 Å². The molecule has 21 heavy (non-hydrogen) atoms. The van der Waals surface area contributed by atoms with Gasteiger partial charge in [-0.25, -0.2) is 0 Å². The second kappa shape index (κ2) is 7.76. The first-order valence-electron chi connectivity index (χ1n) is 7.51. The van der Waals surface area contributed by atoms with Gasteiger partial charge in [-0.2, -0.15) is 0 Å². The van der Waals surface area contributed by atoms with Crippen LogP contribution in [0.1, 0.15) is 43.0 Å². The highest BCUT2D eigenvalue weighted by Gasteiger charge is 2.26. The molecule has 0 aliphatic heterocycles. The maximum absolute atomic E-state index is 11.9. The molecule has 1 fully saturated rings. The standard InChI is InChI=1S/C16H22N2O3/c1-12-3-2-4-14(11-12)16(20)21-10-9-18-15(19)13-5-7-17-8-6-13/h5-8,12,14H,2-4,9-11H2,1H3,(H,18,19)/t12-,14-/m1/s1. The van der Waals surface area contributed by atoms with Crippen LogP contribution in [0.4, 0.5) is 0 Å². The van der Waals surface area contributed by atoms with Crippen molar-refractivity contribution in [2.45, 2.75) is 32.6 Å². The molecule has 0 saturated heterocycles. The molecule has 1 amide bonds. The molecule has 0 aromatic carbocycles. The van der Waals surface area contributed by atoms with Crippen molar-refractivity contribution in [3.63, 3.8) is 0 Å². The average Bonchev–Trinajstić information content (AvgIpc) is 2.52. The van der Waals surface area contributed by atoms with E-state index < -0.39 is 0 Å². The van der Waals surface area contributed by atoms with Crippen LogP contribution in [0.3, 0.4) is 0 Å². The summed E-state index contributed by atoms with van der Waals surface area (Å²) in [5, 5.41) is 2.72. The zero-order valence-corrected chi connectivity index (χ0v) is 12.4. The van der Waals surface area contributed by atoms with Gasteiger partial charge in [-0.15, -0.1) is 0 Å². The van der Waals surface area contributed by atoms with E-state index in [0.717, 1.165) is 19.3 Å². The Morgan fingerprint density at radius 2 is 2.10 bits per heavy atom. The minimum Gasteiger partial charge on any atom is -0.464 e. The summed E-state index contributed by atoms with van der Waals surface area (Å²) >= 11 is 0. The normalized spacial score (nSPS) is 21.6. The molecule has 0 unspecified atom stereocenters.